The van der Waals surface area contributed by atoms with Gasteiger partial charge in [0.25, 0.3) is 0 Å². The molecule has 1 saturated carbocycles. The Kier molecular flexibility index (Phi) is 3.60. The second-order valence-electron chi connectivity index (χ2n) is 4.22. The fourth-order valence-corrected chi connectivity index (χ4v) is 2.14. The number of halogens is 1. The molecule has 1 aliphatic rings. The molecule has 6 heteroatoms. The summed E-state index contributed by atoms with van der Waals surface area (Å²) in [5.74, 6) is 8.30. The van der Waals surface area contributed by atoms with Crippen molar-refractivity contribution < 1.29 is 0 Å². The monoisotopic (exact) mass is 285 g/mol. The van der Waals surface area contributed by atoms with Crippen LogP contribution in [0.3, 0.4) is 0 Å². The molecule has 0 amide bonds. The van der Waals surface area contributed by atoms with Gasteiger partial charge in [0.15, 0.2) is 5.82 Å². The summed E-state index contributed by atoms with van der Waals surface area (Å²) in [6.45, 7) is 3.20. The van der Waals surface area contributed by atoms with E-state index in [9.17, 15) is 0 Å². The van der Waals surface area contributed by atoms with Crippen molar-refractivity contribution in [2.24, 2.45) is 17.7 Å². The SMILES string of the molecule is CC(CNc1ncnc(NN)c1Br)C1CC1. The van der Waals surface area contributed by atoms with Gasteiger partial charge in [0.1, 0.15) is 16.6 Å². The molecular formula is C10H16BrN5. The van der Waals surface area contributed by atoms with Crippen molar-refractivity contribution in [2.45, 2.75) is 19.8 Å². The molecule has 88 valence electrons. The summed E-state index contributed by atoms with van der Waals surface area (Å²) in [5, 5.41) is 3.32. The summed E-state index contributed by atoms with van der Waals surface area (Å²) in [6.07, 6.45) is 4.22. The van der Waals surface area contributed by atoms with E-state index in [0.29, 0.717) is 11.7 Å². The number of nitrogens with zero attached hydrogens (tertiary/aromatic N) is 2. The van der Waals surface area contributed by atoms with Gasteiger partial charge >= 0.3 is 0 Å². The van der Waals surface area contributed by atoms with Crippen LogP contribution in [0.25, 0.3) is 0 Å². The van der Waals surface area contributed by atoms with E-state index in [2.05, 4.69) is 43.6 Å². The van der Waals surface area contributed by atoms with E-state index in [1.54, 1.807) is 0 Å². The van der Waals surface area contributed by atoms with Gasteiger partial charge in [0.05, 0.1) is 0 Å². The van der Waals surface area contributed by atoms with Crippen LogP contribution in [0.2, 0.25) is 0 Å². The van der Waals surface area contributed by atoms with Crippen LogP contribution in [0.15, 0.2) is 10.8 Å². The van der Waals surface area contributed by atoms with Crippen molar-refractivity contribution >= 4 is 27.6 Å². The predicted octanol–water partition coefficient (Wildman–Crippen LogP) is 1.98. The molecule has 5 nitrogen and oxygen atoms in total. The van der Waals surface area contributed by atoms with Crippen LogP contribution < -0.4 is 16.6 Å². The van der Waals surface area contributed by atoms with Crippen LogP contribution >= 0.6 is 15.9 Å². The molecule has 1 heterocycles. The predicted molar refractivity (Wildman–Crippen MR) is 67.9 cm³/mol. The molecule has 1 aromatic rings. The molecule has 0 spiro atoms. The Labute approximate surface area is 103 Å². The number of hydrogen-bond acceptors (Lipinski definition) is 5. The second-order valence-corrected chi connectivity index (χ2v) is 5.02. The van der Waals surface area contributed by atoms with Crippen LogP contribution in [0.4, 0.5) is 11.6 Å². The van der Waals surface area contributed by atoms with Gasteiger partial charge in [0.2, 0.25) is 0 Å². The summed E-state index contributed by atoms with van der Waals surface area (Å²) in [5.41, 5.74) is 2.52. The smallest absolute Gasteiger partial charge is 0.159 e. The third-order valence-electron chi connectivity index (χ3n) is 2.94. The van der Waals surface area contributed by atoms with Crippen molar-refractivity contribution in [3.05, 3.63) is 10.8 Å². The fraction of sp³-hybridized carbons (Fsp3) is 0.600. The third kappa shape index (κ3) is 2.62. The Morgan fingerprint density at radius 1 is 1.50 bits per heavy atom. The lowest BCUT2D eigenvalue weighted by molar-refractivity contribution is 0.536. The summed E-state index contributed by atoms with van der Waals surface area (Å²) in [6, 6.07) is 0. The zero-order valence-corrected chi connectivity index (χ0v) is 10.8. The second kappa shape index (κ2) is 4.97. The molecule has 16 heavy (non-hydrogen) atoms. The van der Waals surface area contributed by atoms with Crippen molar-refractivity contribution in [3.8, 4) is 0 Å². The first-order valence-corrected chi connectivity index (χ1v) is 6.22. The Morgan fingerprint density at radius 3 is 2.81 bits per heavy atom. The van der Waals surface area contributed by atoms with Gasteiger partial charge in [-0.25, -0.2) is 15.8 Å². The normalized spacial score (nSPS) is 16.9. The molecule has 1 unspecified atom stereocenters. The maximum Gasteiger partial charge on any atom is 0.159 e. The van der Waals surface area contributed by atoms with Crippen LogP contribution in [-0.2, 0) is 0 Å². The Bertz CT molecular complexity index is 366. The van der Waals surface area contributed by atoms with E-state index in [1.807, 2.05) is 0 Å². The number of hydrazine groups is 1. The number of nitrogen functional groups attached to an aromatic ring is 1. The van der Waals surface area contributed by atoms with Crippen LogP contribution in [-0.4, -0.2) is 16.5 Å². The molecule has 2 rings (SSSR count). The Morgan fingerprint density at radius 2 is 2.19 bits per heavy atom. The summed E-state index contributed by atoms with van der Waals surface area (Å²) in [4.78, 5) is 8.17. The Hall–Kier alpha value is -0.880. The van der Waals surface area contributed by atoms with Crippen molar-refractivity contribution in [1.29, 1.82) is 0 Å². The molecule has 0 bridgehead atoms. The third-order valence-corrected chi connectivity index (χ3v) is 3.70. The van der Waals surface area contributed by atoms with Gasteiger partial charge in [-0.15, -0.1) is 0 Å². The van der Waals surface area contributed by atoms with E-state index in [4.69, 9.17) is 5.84 Å². The minimum atomic E-state index is 0.594. The summed E-state index contributed by atoms with van der Waals surface area (Å²) >= 11 is 3.41. The number of nitrogens with one attached hydrogen (secondary N) is 2. The number of nitrogens with two attached hydrogens (primary N) is 1. The maximum atomic E-state index is 5.34. The van der Waals surface area contributed by atoms with Gasteiger partial charge in [0, 0.05) is 6.54 Å². The number of rotatable bonds is 5. The van der Waals surface area contributed by atoms with Crippen LogP contribution in [0.1, 0.15) is 19.8 Å². The summed E-state index contributed by atoms with van der Waals surface area (Å²) in [7, 11) is 0. The first-order chi connectivity index (χ1) is 7.72. The van der Waals surface area contributed by atoms with Gasteiger partial charge < -0.3 is 10.7 Å². The lowest BCUT2D eigenvalue weighted by Crippen LogP contribution is -2.16. The highest BCUT2D eigenvalue weighted by molar-refractivity contribution is 9.10. The molecule has 1 fully saturated rings. The molecule has 0 radical (unpaired) electrons. The lowest BCUT2D eigenvalue weighted by Gasteiger charge is -2.13. The molecule has 0 saturated heterocycles. The van der Waals surface area contributed by atoms with E-state index < -0.39 is 0 Å². The first kappa shape index (κ1) is 11.6. The largest absolute Gasteiger partial charge is 0.369 e. The fourth-order valence-electron chi connectivity index (χ4n) is 1.68. The van der Waals surface area contributed by atoms with Crippen molar-refractivity contribution in [1.82, 2.24) is 9.97 Å². The van der Waals surface area contributed by atoms with Gasteiger partial charge in [-0.2, -0.15) is 0 Å². The average molecular weight is 286 g/mol. The maximum absolute atomic E-state index is 5.34. The lowest BCUT2D eigenvalue weighted by atomic mass is 10.1. The quantitative estimate of drug-likeness (QED) is 0.570. The molecule has 1 aliphatic carbocycles. The van der Waals surface area contributed by atoms with E-state index >= 15 is 0 Å². The molecule has 1 atom stereocenters. The van der Waals surface area contributed by atoms with E-state index in [-0.39, 0.29) is 0 Å². The topological polar surface area (TPSA) is 75.9 Å². The molecule has 1 aromatic heterocycles. The minimum Gasteiger partial charge on any atom is -0.369 e. The minimum absolute atomic E-state index is 0.594. The first-order valence-electron chi connectivity index (χ1n) is 5.43. The van der Waals surface area contributed by atoms with E-state index in [0.717, 1.165) is 22.8 Å². The number of hydrogen-bond donors (Lipinski definition) is 3. The zero-order valence-electron chi connectivity index (χ0n) is 9.20. The highest BCUT2D eigenvalue weighted by Gasteiger charge is 2.27. The molecule has 0 aromatic carbocycles. The van der Waals surface area contributed by atoms with Gasteiger partial charge in [-0.05, 0) is 40.6 Å². The average Bonchev–Trinajstić information content (AvgIpc) is 3.11. The van der Waals surface area contributed by atoms with Gasteiger partial charge in [-0.3, -0.25) is 0 Å². The number of anilines is 2. The highest BCUT2D eigenvalue weighted by atomic mass is 79.9. The van der Waals surface area contributed by atoms with E-state index in [1.165, 1.54) is 19.2 Å². The molecular weight excluding hydrogens is 270 g/mol. The van der Waals surface area contributed by atoms with Crippen LogP contribution in [0.5, 0.6) is 0 Å². The summed E-state index contributed by atoms with van der Waals surface area (Å²) < 4.78 is 0.778. The molecule has 4 N–H and O–H groups in total. The van der Waals surface area contributed by atoms with Crippen molar-refractivity contribution in [2.75, 3.05) is 17.3 Å². The molecule has 0 aliphatic heterocycles. The zero-order chi connectivity index (χ0) is 11.5. The standard InChI is InChI=1S/C10H16BrN5/c1-6(7-2-3-7)4-13-9-8(11)10(16-12)15-5-14-9/h5-7H,2-4,12H2,1H3,(H2,13,14,15,16). The van der Waals surface area contributed by atoms with Crippen molar-refractivity contribution in [3.63, 3.8) is 0 Å². The number of aromatic nitrogens is 2. The Balaban J connectivity index is 1.97. The van der Waals surface area contributed by atoms with Crippen LogP contribution in [0, 0.1) is 11.8 Å². The van der Waals surface area contributed by atoms with Gasteiger partial charge in [-0.1, -0.05) is 6.92 Å². The highest BCUT2D eigenvalue weighted by Crippen LogP contribution is 2.36.